The van der Waals surface area contributed by atoms with Crippen LogP contribution in [-0.2, 0) is 12.8 Å². The first kappa shape index (κ1) is 21.8. The lowest BCUT2D eigenvalue weighted by atomic mass is 10.0. The lowest BCUT2D eigenvalue weighted by molar-refractivity contribution is 0.786. The molecule has 6 rings (SSSR count). The van der Waals surface area contributed by atoms with Crippen molar-refractivity contribution >= 4 is 0 Å². The van der Waals surface area contributed by atoms with Gasteiger partial charge in [0.25, 0.3) is 0 Å². The van der Waals surface area contributed by atoms with Gasteiger partial charge < -0.3 is 0 Å². The Morgan fingerprint density at radius 1 is 0.417 bits per heavy atom. The third-order valence-corrected chi connectivity index (χ3v) is 6.39. The van der Waals surface area contributed by atoms with E-state index in [-0.39, 0.29) is 0 Å². The van der Waals surface area contributed by atoms with Crippen LogP contribution in [0.25, 0.3) is 33.6 Å². The number of aromatic nitrogens is 4. The average Bonchev–Trinajstić information content (AvgIpc) is 3.59. The first-order valence-corrected chi connectivity index (χ1v) is 12.2. The molecule has 0 radical (unpaired) electrons. The van der Waals surface area contributed by atoms with Crippen LogP contribution in [0.2, 0.25) is 0 Å². The first-order chi connectivity index (χ1) is 17.8. The predicted molar refractivity (Wildman–Crippen MR) is 145 cm³/mol. The molecule has 0 saturated heterocycles. The van der Waals surface area contributed by atoms with Gasteiger partial charge in [-0.15, -0.1) is 0 Å². The van der Waals surface area contributed by atoms with Crippen LogP contribution in [-0.4, -0.2) is 19.6 Å². The summed E-state index contributed by atoms with van der Waals surface area (Å²) in [5.74, 6) is 0. The van der Waals surface area contributed by atoms with Gasteiger partial charge in [-0.05, 0) is 48.2 Å². The highest BCUT2D eigenvalue weighted by Gasteiger charge is 2.16. The molecule has 2 aromatic heterocycles. The third kappa shape index (κ3) is 4.49. The summed E-state index contributed by atoms with van der Waals surface area (Å²) in [6.07, 6.45) is 5.85. The maximum absolute atomic E-state index is 5.02. The molecular formula is C32H26N4. The van der Waals surface area contributed by atoms with Crippen molar-refractivity contribution in [3.8, 4) is 33.6 Å². The number of benzene rings is 4. The number of rotatable bonds is 7. The number of aryl methyl sites for hydroxylation is 2. The molecule has 174 valence electrons. The second-order valence-corrected chi connectivity index (χ2v) is 8.77. The zero-order chi connectivity index (χ0) is 24.2. The zero-order valence-electron chi connectivity index (χ0n) is 19.9. The van der Waals surface area contributed by atoms with Gasteiger partial charge in [-0.1, -0.05) is 97.1 Å². The van der Waals surface area contributed by atoms with Crippen LogP contribution >= 0.6 is 0 Å². The largest absolute Gasteiger partial charge is 0.240 e. The molecule has 4 heteroatoms. The summed E-state index contributed by atoms with van der Waals surface area (Å²) < 4.78 is 3.97. The molecule has 36 heavy (non-hydrogen) atoms. The lowest BCUT2D eigenvalue weighted by Gasteiger charge is -2.04. The highest BCUT2D eigenvalue weighted by atomic mass is 15.3. The summed E-state index contributed by atoms with van der Waals surface area (Å²) in [5, 5.41) is 10.0. The molecule has 0 atom stereocenters. The first-order valence-electron chi connectivity index (χ1n) is 12.2. The van der Waals surface area contributed by atoms with Gasteiger partial charge in [-0.3, -0.25) is 0 Å². The second-order valence-electron chi connectivity index (χ2n) is 8.77. The fourth-order valence-corrected chi connectivity index (χ4v) is 4.57. The van der Waals surface area contributed by atoms with E-state index in [2.05, 4.69) is 85.2 Å². The Bertz CT molecular complexity index is 1430. The molecule has 0 aliphatic carbocycles. The molecular weight excluding hydrogens is 440 g/mol. The van der Waals surface area contributed by atoms with E-state index in [4.69, 9.17) is 10.2 Å². The van der Waals surface area contributed by atoms with Gasteiger partial charge in [0, 0.05) is 23.5 Å². The van der Waals surface area contributed by atoms with Gasteiger partial charge in [0.2, 0.25) is 0 Å². The van der Waals surface area contributed by atoms with Gasteiger partial charge in [-0.25, -0.2) is 9.36 Å². The SMILES string of the molecule is c1ccc(-c2cn(-c3ccccc3)nc2CCc2nn(-c3ccccc3)cc2-c2ccccc2)cc1. The van der Waals surface area contributed by atoms with E-state index in [1.165, 1.54) is 11.1 Å². The van der Waals surface area contributed by atoms with Crippen molar-refractivity contribution < 1.29 is 0 Å². The van der Waals surface area contributed by atoms with Crippen molar-refractivity contribution in [2.45, 2.75) is 12.8 Å². The van der Waals surface area contributed by atoms with Crippen molar-refractivity contribution in [2.24, 2.45) is 0 Å². The summed E-state index contributed by atoms with van der Waals surface area (Å²) in [5.41, 5.74) is 8.90. The van der Waals surface area contributed by atoms with E-state index in [1.807, 2.05) is 57.9 Å². The minimum absolute atomic E-state index is 0.787. The Balaban J connectivity index is 1.38. The maximum Gasteiger partial charge on any atom is 0.0711 e. The van der Waals surface area contributed by atoms with Gasteiger partial charge in [0.05, 0.1) is 22.8 Å². The van der Waals surface area contributed by atoms with Crippen molar-refractivity contribution in [3.05, 3.63) is 145 Å². The molecule has 0 bridgehead atoms. The van der Waals surface area contributed by atoms with Crippen LogP contribution in [0.4, 0.5) is 0 Å². The minimum atomic E-state index is 0.787. The summed E-state index contributed by atoms with van der Waals surface area (Å²) in [7, 11) is 0. The van der Waals surface area contributed by atoms with Gasteiger partial charge in [0.1, 0.15) is 0 Å². The van der Waals surface area contributed by atoms with Gasteiger partial charge in [-0.2, -0.15) is 10.2 Å². The van der Waals surface area contributed by atoms with Crippen molar-refractivity contribution in [1.29, 1.82) is 0 Å². The Labute approximate surface area is 211 Å². The number of nitrogens with zero attached hydrogens (tertiary/aromatic N) is 4. The third-order valence-electron chi connectivity index (χ3n) is 6.39. The fraction of sp³-hybridized carbons (Fsp3) is 0.0625. The van der Waals surface area contributed by atoms with Crippen LogP contribution in [0.1, 0.15) is 11.4 Å². The highest BCUT2D eigenvalue weighted by Crippen LogP contribution is 2.29. The van der Waals surface area contributed by atoms with Crippen molar-refractivity contribution in [1.82, 2.24) is 19.6 Å². The normalized spacial score (nSPS) is 11.0. The average molecular weight is 467 g/mol. The van der Waals surface area contributed by atoms with Gasteiger partial charge >= 0.3 is 0 Å². The van der Waals surface area contributed by atoms with Crippen LogP contribution < -0.4 is 0 Å². The molecule has 2 heterocycles. The Hall–Kier alpha value is -4.70. The van der Waals surface area contributed by atoms with Crippen LogP contribution in [0, 0.1) is 0 Å². The van der Waals surface area contributed by atoms with E-state index in [0.717, 1.165) is 46.7 Å². The standard InChI is InChI=1S/C32H26N4/c1-5-13-25(14-6-1)29-23-35(27-17-9-3-10-18-27)33-31(29)21-22-32-30(26-15-7-2-8-16-26)24-36(34-32)28-19-11-4-12-20-28/h1-20,23-24H,21-22H2. The molecule has 0 aliphatic heterocycles. The fourth-order valence-electron chi connectivity index (χ4n) is 4.57. The number of hydrogen-bond donors (Lipinski definition) is 0. The van der Waals surface area contributed by atoms with E-state index in [9.17, 15) is 0 Å². The van der Waals surface area contributed by atoms with E-state index < -0.39 is 0 Å². The van der Waals surface area contributed by atoms with Crippen LogP contribution in [0.3, 0.4) is 0 Å². The molecule has 0 amide bonds. The quantitative estimate of drug-likeness (QED) is 0.250. The Morgan fingerprint density at radius 3 is 1.11 bits per heavy atom. The monoisotopic (exact) mass is 466 g/mol. The molecule has 0 N–H and O–H groups in total. The topological polar surface area (TPSA) is 35.6 Å². The van der Waals surface area contributed by atoms with E-state index >= 15 is 0 Å². The summed E-state index contributed by atoms with van der Waals surface area (Å²) in [6, 6.07) is 41.6. The molecule has 0 unspecified atom stereocenters. The number of para-hydroxylation sites is 2. The highest BCUT2D eigenvalue weighted by molar-refractivity contribution is 5.67. The number of hydrogen-bond acceptors (Lipinski definition) is 2. The summed E-state index contributed by atoms with van der Waals surface area (Å²) in [4.78, 5) is 0. The van der Waals surface area contributed by atoms with E-state index in [0.29, 0.717) is 0 Å². The smallest absolute Gasteiger partial charge is 0.0711 e. The van der Waals surface area contributed by atoms with Crippen molar-refractivity contribution in [2.75, 3.05) is 0 Å². The molecule has 0 fully saturated rings. The van der Waals surface area contributed by atoms with Crippen molar-refractivity contribution in [3.63, 3.8) is 0 Å². The predicted octanol–water partition coefficient (Wildman–Crippen LogP) is 7.18. The van der Waals surface area contributed by atoms with Crippen LogP contribution in [0.5, 0.6) is 0 Å². The summed E-state index contributed by atoms with van der Waals surface area (Å²) in [6.45, 7) is 0. The summed E-state index contributed by atoms with van der Waals surface area (Å²) >= 11 is 0. The lowest BCUT2D eigenvalue weighted by Crippen LogP contribution is -2.00. The van der Waals surface area contributed by atoms with E-state index in [1.54, 1.807) is 0 Å². The molecule has 6 aromatic rings. The molecule has 4 aromatic carbocycles. The molecule has 4 nitrogen and oxygen atoms in total. The zero-order valence-corrected chi connectivity index (χ0v) is 19.9. The Morgan fingerprint density at radius 2 is 0.750 bits per heavy atom. The van der Waals surface area contributed by atoms with Gasteiger partial charge in [0.15, 0.2) is 0 Å². The molecule has 0 saturated carbocycles. The second kappa shape index (κ2) is 9.88. The van der Waals surface area contributed by atoms with Crippen LogP contribution in [0.15, 0.2) is 134 Å². The maximum atomic E-state index is 5.02. The molecule has 0 aliphatic rings. The Kier molecular flexibility index (Phi) is 5.99. The molecule has 0 spiro atoms. The minimum Gasteiger partial charge on any atom is -0.240 e.